The second-order valence-electron chi connectivity index (χ2n) is 13.9. The molecule has 0 aromatic carbocycles. The number of nitrogens with zero attached hydrogens (tertiary/aromatic N) is 1. The molecule has 0 spiro atoms. The number of amides is 1. The maximum atomic E-state index is 12.5. The summed E-state index contributed by atoms with van der Waals surface area (Å²) in [6.45, 7) is 10.9. The minimum Gasteiger partial charge on any atom is -0.379 e. The number of aliphatic hydroxyl groups excluding tert-OH is 1. The second kappa shape index (κ2) is 25.8. The summed E-state index contributed by atoms with van der Waals surface area (Å²) in [7, 11) is 0. The number of nitrogens with one attached hydrogen (secondary N) is 1. The molecule has 0 aromatic heterocycles. The predicted molar refractivity (Wildman–Crippen MR) is 176 cm³/mol. The zero-order chi connectivity index (χ0) is 30.0. The molecule has 0 aromatic rings. The summed E-state index contributed by atoms with van der Waals surface area (Å²) in [6, 6.07) is 0. The summed E-state index contributed by atoms with van der Waals surface area (Å²) >= 11 is 0. The van der Waals surface area contributed by atoms with Crippen molar-refractivity contribution >= 4 is 5.91 Å². The van der Waals surface area contributed by atoms with Crippen LogP contribution in [0, 0.1) is 0 Å². The summed E-state index contributed by atoms with van der Waals surface area (Å²) in [5.74, 6) is 0.266. The number of aliphatic hydroxyl groups is 1. The van der Waals surface area contributed by atoms with Crippen molar-refractivity contribution in [2.45, 2.75) is 206 Å². The van der Waals surface area contributed by atoms with E-state index in [-0.39, 0.29) is 23.8 Å². The monoisotopic (exact) mass is 581 g/mol. The quantitative estimate of drug-likeness (QED) is 0.0714. The van der Waals surface area contributed by atoms with Crippen molar-refractivity contribution in [1.29, 1.82) is 0 Å². The number of likely N-dealkylation sites (tertiary alicyclic amines) is 1. The molecule has 1 rings (SSSR count). The predicted octanol–water partition coefficient (Wildman–Crippen LogP) is 9.69. The summed E-state index contributed by atoms with van der Waals surface area (Å²) in [5.41, 5.74) is -0.146. The lowest BCUT2D eigenvalue weighted by Crippen LogP contribution is -2.33. The molecule has 244 valence electrons. The van der Waals surface area contributed by atoms with Gasteiger partial charge in [-0.2, -0.15) is 0 Å². The lowest BCUT2D eigenvalue weighted by molar-refractivity contribution is -0.131. The summed E-state index contributed by atoms with van der Waals surface area (Å²) < 4.78 is 6.02. The highest BCUT2D eigenvalue weighted by Gasteiger charge is 2.29. The summed E-state index contributed by atoms with van der Waals surface area (Å²) in [5, 5.41) is 13.5. The molecule has 0 saturated carbocycles. The average molecular weight is 581 g/mol. The van der Waals surface area contributed by atoms with Gasteiger partial charge in [0.1, 0.15) is 6.23 Å². The van der Waals surface area contributed by atoms with E-state index < -0.39 is 0 Å². The van der Waals surface area contributed by atoms with E-state index in [1.54, 1.807) is 0 Å². The maximum absolute atomic E-state index is 12.5. The number of carbonyl (C=O) groups is 1. The number of carbonyl (C=O) groups excluding carboxylic acids is 1. The van der Waals surface area contributed by atoms with E-state index in [1.807, 2.05) is 4.90 Å². The van der Waals surface area contributed by atoms with Crippen LogP contribution in [0.4, 0.5) is 0 Å². The topological polar surface area (TPSA) is 61.8 Å². The van der Waals surface area contributed by atoms with Crippen LogP contribution in [-0.4, -0.2) is 53.5 Å². The van der Waals surface area contributed by atoms with E-state index in [0.717, 1.165) is 58.2 Å². The molecule has 1 aliphatic heterocycles. The molecule has 41 heavy (non-hydrogen) atoms. The Morgan fingerprint density at radius 3 is 1.71 bits per heavy atom. The fourth-order valence-electron chi connectivity index (χ4n) is 6.07. The van der Waals surface area contributed by atoms with Gasteiger partial charge in [-0.3, -0.25) is 10.1 Å². The molecule has 0 bridgehead atoms. The first kappa shape index (κ1) is 38.4. The van der Waals surface area contributed by atoms with Gasteiger partial charge in [0.25, 0.3) is 0 Å². The second-order valence-corrected chi connectivity index (χ2v) is 13.9. The van der Waals surface area contributed by atoms with Crippen molar-refractivity contribution in [3.05, 3.63) is 0 Å². The first-order chi connectivity index (χ1) is 19.8. The van der Waals surface area contributed by atoms with E-state index >= 15 is 0 Å². The highest BCUT2D eigenvalue weighted by molar-refractivity contribution is 5.76. The summed E-state index contributed by atoms with van der Waals surface area (Å²) in [6.07, 6.45) is 31.6. The molecule has 0 radical (unpaired) electrons. The maximum Gasteiger partial charge on any atom is 0.222 e. The molecule has 1 aliphatic rings. The molecule has 1 saturated heterocycles. The van der Waals surface area contributed by atoms with Crippen molar-refractivity contribution in [3.63, 3.8) is 0 Å². The molecular formula is C36H72N2O3. The third-order valence-electron chi connectivity index (χ3n) is 8.55. The van der Waals surface area contributed by atoms with Crippen LogP contribution in [-0.2, 0) is 9.53 Å². The molecule has 5 heteroatoms. The summed E-state index contributed by atoms with van der Waals surface area (Å²) in [4.78, 5) is 14.4. The highest BCUT2D eigenvalue weighted by Crippen LogP contribution is 2.20. The number of rotatable bonds is 28. The number of hydrogen-bond donors (Lipinski definition) is 2. The van der Waals surface area contributed by atoms with Crippen LogP contribution >= 0.6 is 0 Å². The third kappa shape index (κ3) is 24.5. The average Bonchev–Trinajstić information content (AvgIpc) is 3.38. The number of unbranched alkanes of at least 4 members (excludes halogenated alkanes) is 20. The van der Waals surface area contributed by atoms with Crippen molar-refractivity contribution in [3.8, 4) is 0 Å². The van der Waals surface area contributed by atoms with Gasteiger partial charge in [0, 0.05) is 19.5 Å². The Balaban J connectivity index is 1.78. The molecule has 1 unspecified atom stereocenters. The Morgan fingerprint density at radius 2 is 1.22 bits per heavy atom. The van der Waals surface area contributed by atoms with Crippen LogP contribution in [0.1, 0.15) is 188 Å². The van der Waals surface area contributed by atoms with E-state index in [0.29, 0.717) is 6.42 Å². The Bertz CT molecular complexity index is 592. The number of ether oxygens (including phenoxy) is 1. The molecule has 1 fully saturated rings. The Kier molecular flexibility index (Phi) is 24.2. The van der Waals surface area contributed by atoms with Crippen molar-refractivity contribution < 1.29 is 14.6 Å². The van der Waals surface area contributed by atoms with Crippen molar-refractivity contribution in [2.24, 2.45) is 0 Å². The molecule has 1 heterocycles. The molecule has 0 aliphatic carbocycles. The van der Waals surface area contributed by atoms with Gasteiger partial charge in [-0.1, -0.05) is 129 Å². The SMILES string of the molecule is CCCCCCCCCCCCCCCCCCCCCC(O)NCCCCCC(=O)N1CC[C@H](OC(C)(C)C)C1. The zero-order valence-electron chi connectivity index (χ0n) is 28.2. The van der Waals surface area contributed by atoms with Gasteiger partial charge in [0.05, 0.1) is 11.7 Å². The van der Waals surface area contributed by atoms with Crippen LogP contribution in [0.15, 0.2) is 0 Å². The zero-order valence-corrected chi connectivity index (χ0v) is 28.2. The van der Waals surface area contributed by atoms with E-state index in [2.05, 4.69) is 33.0 Å². The Morgan fingerprint density at radius 1 is 0.756 bits per heavy atom. The van der Waals surface area contributed by atoms with Crippen molar-refractivity contribution in [1.82, 2.24) is 10.2 Å². The fourth-order valence-corrected chi connectivity index (χ4v) is 6.07. The Labute approximate surface area is 256 Å². The smallest absolute Gasteiger partial charge is 0.222 e. The molecule has 5 nitrogen and oxygen atoms in total. The van der Waals surface area contributed by atoms with Gasteiger partial charge in [-0.05, 0) is 59.4 Å². The van der Waals surface area contributed by atoms with E-state index in [9.17, 15) is 9.90 Å². The standard InChI is InChI=1S/C36H72N2O3/c1-5-6-7-8-9-10-11-12-13-14-15-16-17-18-19-20-21-22-24-27-34(39)37-30-26-23-25-28-35(40)38-31-29-33(32-38)41-36(2,3)4/h33-34,37,39H,5-32H2,1-4H3/t33-,34?/m0/s1. The van der Waals surface area contributed by atoms with Gasteiger partial charge < -0.3 is 14.7 Å². The van der Waals surface area contributed by atoms with Crippen LogP contribution in [0.3, 0.4) is 0 Å². The van der Waals surface area contributed by atoms with Gasteiger partial charge >= 0.3 is 0 Å². The fraction of sp³-hybridized carbons (Fsp3) is 0.972. The first-order valence-corrected chi connectivity index (χ1v) is 18.2. The van der Waals surface area contributed by atoms with E-state index in [1.165, 1.54) is 116 Å². The van der Waals surface area contributed by atoms with Crippen LogP contribution in [0.25, 0.3) is 0 Å². The molecule has 2 atom stereocenters. The van der Waals surface area contributed by atoms with Gasteiger partial charge in [-0.25, -0.2) is 0 Å². The third-order valence-corrected chi connectivity index (χ3v) is 8.55. The van der Waals surface area contributed by atoms with Crippen LogP contribution in [0.5, 0.6) is 0 Å². The van der Waals surface area contributed by atoms with Crippen LogP contribution in [0.2, 0.25) is 0 Å². The minimum absolute atomic E-state index is 0.146. The Hall–Kier alpha value is -0.650. The van der Waals surface area contributed by atoms with Gasteiger partial charge in [-0.15, -0.1) is 0 Å². The first-order valence-electron chi connectivity index (χ1n) is 18.2. The van der Waals surface area contributed by atoms with Gasteiger partial charge in [0.15, 0.2) is 0 Å². The van der Waals surface area contributed by atoms with Crippen LogP contribution < -0.4 is 5.32 Å². The molecule has 1 amide bonds. The highest BCUT2D eigenvalue weighted by atomic mass is 16.5. The van der Waals surface area contributed by atoms with Crippen molar-refractivity contribution in [2.75, 3.05) is 19.6 Å². The minimum atomic E-state index is -0.383. The largest absolute Gasteiger partial charge is 0.379 e. The van der Waals surface area contributed by atoms with Gasteiger partial charge in [0.2, 0.25) is 5.91 Å². The normalized spacial score (nSPS) is 16.5. The lowest BCUT2D eigenvalue weighted by atomic mass is 10.0. The van der Waals surface area contributed by atoms with E-state index in [4.69, 9.17) is 4.74 Å². The number of hydrogen-bond acceptors (Lipinski definition) is 4. The molecule has 2 N–H and O–H groups in total. The molecular weight excluding hydrogens is 508 g/mol. The lowest BCUT2D eigenvalue weighted by Gasteiger charge is -2.25.